The largest absolute Gasteiger partial charge is 0.504 e. The average Bonchev–Trinajstić information content (AvgIpc) is 3.09. The molecule has 1 aromatic carbocycles. The predicted octanol–water partition coefficient (Wildman–Crippen LogP) is 1.73. The monoisotopic (exact) mass is 261 g/mol. The summed E-state index contributed by atoms with van der Waals surface area (Å²) >= 11 is 0. The maximum absolute atomic E-state index is 10.3. The van der Waals surface area contributed by atoms with Crippen LogP contribution in [0.25, 0.3) is 0 Å². The lowest BCUT2D eigenvalue weighted by Gasteiger charge is -2.26. The van der Waals surface area contributed by atoms with Gasteiger partial charge in [0, 0.05) is 42.0 Å². The van der Waals surface area contributed by atoms with Gasteiger partial charge in [0.1, 0.15) is 5.75 Å². The maximum atomic E-state index is 10.3. The molecule has 0 spiro atoms. The number of hydrogen-bond acceptors (Lipinski definition) is 4. The third-order valence-corrected chi connectivity index (χ3v) is 4.52. The van der Waals surface area contributed by atoms with E-state index in [0.717, 1.165) is 43.0 Å². The zero-order chi connectivity index (χ0) is 12.8. The standard InChI is InChI=1S/C15H19NO3/c17-13-11-4-7-18-14(11)12(9-2-1-5-16-8-9)10-3-6-19-15(10)13/h9,16-17H,1-8H2. The fourth-order valence-electron chi connectivity index (χ4n) is 3.65. The van der Waals surface area contributed by atoms with Gasteiger partial charge in [-0.1, -0.05) is 0 Å². The van der Waals surface area contributed by atoms with Crippen molar-refractivity contribution in [1.82, 2.24) is 5.32 Å². The Labute approximate surface area is 112 Å². The van der Waals surface area contributed by atoms with E-state index in [1.54, 1.807) is 0 Å². The van der Waals surface area contributed by atoms with Gasteiger partial charge in [0.25, 0.3) is 0 Å². The van der Waals surface area contributed by atoms with Crippen LogP contribution in [0.5, 0.6) is 17.2 Å². The number of nitrogens with one attached hydrogen (secondary N) is 1. The average molecular weight is 261 g/mol. The highest BCUT2D eigenvalue weighted by Gasteiger charge is 2.34. The van der Waals surface area contributed by atoms with E-state index in [2.05, 4.69) is 5.32 Å². The van der Waals surface area contributed by atoms with E-state index in [1.807, 2.05) is 0 Å². The van der Waals surface area contributed by atoms with Gasteiger partial charge < -0.3 is 19.9 Å². The Morgan fingerprint density at radius 1 is 1.05 bits per heavy atom. The number of fused-ring (bicyclic) bond motifs is 2. The van der Waals surface area contributed by atoms with Crippen LogP contribution in [0.15, 0.2) is 0 Å². The summed E-state index contributed by atoms with van der Waals surface area (Å²) < 4.78 is 11.5. The number of rotatable bonds is 1. The summed E-state index contributed by atoms with van der Waals surface area (Å²) in [5, 5.41) is 13.8. The van der Waals surface area contributed by atoms with Crippen LogP contribution < -0.4 is 14.8 Å². The molecule has 0 amide bonds. The van der Waals surface area contributed by atoms with Crippen LogP contribution in [0.4, 0.5) is 0 Å². The molecule has 4 nitrogen and oxygen atoms in total. The van der Waals surface area contributed by atoms with E-state index in [1.165, 1.54) is 24.0 Å². The second-order valence-electron chi connectivity index (χ2n) is 5.62. The van der Waals surface area contributed by atoms with Gasteiger partial charge in [-0.2, -0.15) is 0 Å². The van der Waals surface area contributed by atoms with Crippen molar-refractivity contribution in [1.29, 1.82) is 0 Å². The number of phenols is 1. The predicted molar refractivity (Wildman–Crippen MR) is 71.3 cm³/mol. The summed E-state index contributed by atoms with van der Waals surface area (Å²) in [6, 6.07) is 0. The van der Waals surface area contributed by atoms with E-state index < -0.39 is 0 Å². The van der Waals surface area contributed by atoms with Crippen LogP contribution in [0.3, 0.4) is 0 Å². The molecular formula is C15H19NO3. The fraction of sp³-hybridized carbons (Fsp3) is 0.600. The summed E-state index contributed by atoms with van der Waals surface area (Å²) in [6.07, 6.45) is 4.09. The summed E-state index contributed by atoms with van der Waals surface area (Å²) in [5.41, 5.74) is 3.46. The van der Waals surface area contributed by atoms with Gasteiger partial charge in [0.15, 0.2) is 11.5 Å². The molecule has 4 rings (SSSR count). The highest BCUT2D eigenvalue weighted by Crippen LogP contribution is 2.51. The zero-order valence-corrected chi connectivity index (χ0v) is 11.0. The molecule has 1 unspecified atom stereocenters. The summed E-state index contributed by atoms with van der Waals surface area (Å²) in [6.45, 7) is 3.47. The summed E-state index contributed by atoms with van der Waals surface area (Å²) in [4.78, 5) is 0. The van der Waals surface area contributed by atoms with Crippen LogP contribution in [0, 0.1) is 0 Å². The normalized spacial score (nSPS) is 24.5. The second kappa shape index (κ2) is 4.30. The molecule has 1 atom stereocenters. The minimum absolute atomic E-state index is 0.326. The van der Waals surface area contributed by atoms with Crippen molar-refractivity contribution in [2.45, 2.75) is 31.6 Å². The first-order chi connectivity index (χ1) is 9.36. The van der Waals surface area contributed by atoms with E-state index in [9.17, 15) is 5.11 Å². The first-order valence-corrected chi connectivity index (χ1v) is 7.23. The van der Waals surface area contributed by atoms with Crippen LogP contribution >= 0.6 is 0 Å². The van der Waals surface area contributed by atoms with Gasteiger partial charge in [-0.15, -0.1) is 0 Å². The second-order valence-corrected chi connectivity index (χ2v) is 5.62. The molecule has 3 aliphatic rings. The molecule has 1 fully saturated rings. The number of hydrogen-bond donors (Lipinski definition) is 2. The van der Waals surface area contributed by atoms with Gasteiger partial charge in [-0.25, -0.2) is 0 Å². The van der Waals surface area contributed by atoms with E-state index >= 15 is 0 Å². The van der Waals surface area contributed by atoms with Crippen LogP contribution in [0.2, 0.25) is 0 Å². The molecule has 0 radical (unpaired) electrons. The topological polar surface area (TPSA) is 50.7 Å². The minimum atomic E-state index is 0.326. The summed E-state index contributed by atoms with van der Waals surface area (Å²) in [7, 11) is 0. The van der Waals surface area contributed by atoms with Gasteiger partial charge >= 0.3 is 0 Å². The van der Waals surface area contributed by atoms with E-state index in [4.69, 9.17) is 9.47 Å². The molecule has 2 N–H and O–H groups in total. The van der Waals surface area contributed by atoms with E-state index in [-0.39, 0.29) is 0 Å². The molecule has 3 aliphatic heterocycles. The Morgan fingerprint density at radius 2 is 1.84 bits per heavy atom. The quantitative estimate of drug-likeness (QED) is 0.808. The fourth-order valence-corrected chi connectivity index (χ4v) is 3.65. The number of aromatic hydroxyl groups is 1. The number of ether oxygens (including phenoxy) is 2. The van der Waals surface area contributed by atoms with Crippen molar-refractivity contribution < 1.29 is 14.6 Å². The number of phenolic OH excluding ortho intramolecular Hbond substituents is 1. The molecule has 1 aromatic rings. The van der Waals surface area contributed by atoms with Gasteiger partial charge in [-0.05, 0) is 19.4 Å². The Hall–Kier alpha value is -1.42. The van der Waals surface area contributed by atoms with Crippen molar-refractivity contribution in [3.05, 3.63) is 16.7 Å². The molecule has 0 bridgehead atoms. The van der Waals surface area contributed by atoms with Crippen LogP contribution in [-0.4, -0.2) is 31.4 Å². The Kier molecular flexibility index (Phi) is 2.58. The smallest absolute Gasteiger partial charge is 0.165 e. The van der Waals surface area contributed by atoms with Gasteiger partial charge in [0.05, 0.1) is 13.2 Å². The zero-order valence-electron chi connectivity index (χ0n) is 11.0. The molecule has 0 saturated carbocycles. The lowest BCUT2D eigenvalue weighted by Crippen LogP contribution is -2.29. The first-order valence-electron chi connectivity index (χ1n) is 7.23. The SMILES string of the molecule is Oc1c2c(c(C3CCCNC3)c3c1OCC3)OCC2. The summed E-state index contributed by atoms with van der Waals surface area (Å²) in [5.74, 6) is 2.50. The Morgan fingerprint density at radius 3 is 2.63 bits per heavy atom. The maximum Gasteiger partial charge on any atom is 0.165 e. The molecular weight excluding hydrogens is 242 g/mol. The number of benzene rings is 1. The van der Waals surface area contributed by atoms with Crippen molar-refractivity contribution in [2.75, 3.05) is 26.3 Å². The molecule has 0 aromatic heterocycles. The van der Waals surface area contributed by atoms with Crippen molar-refractivity contribution in [3.8, 4) is 17.2 Å². The van der Waals surface area contributed by atoms with Crippen molar-refractivity contribution in [2.24, 2.45) is 0 Å². The highest BCUT2D eigenvalue weighted by molar-refractivity contribution is 5.66. The molecule has 4 heteroatoms. The van der Waals surface area contributed by atoms with Gasteiger partial charge in [0.2, 0.25) is 0 Å². The molecule has 19 heavy (non-hydrogen) atoms. The first kappa shape index (κ1) is 11.4. The lowest BCUT2D eigenvalue weighted by atomic mass is 9.85. The van der Waals surface area contributed by atoms with Crippen molar-refractivity contribution >= 4 is 0 Å². The molecule has 0 aliphatic carbocycles. The third kappa shape index (κ3) is 1.62. The minimum Gasteiger partial charge on any atom is -0.504 e. The number of piperidine rings is 1. The van der Waals surface area contributed by atoms with Crippen LogP contribution in [0.1, 0.15) is 35.4 Å². The van der Waals surface area contributed by atoms with Gasteiger partial charge in [-0.3, -0.25) is 0 Å². The highest BCUT2D eigenvalue weighted by atomic mass is 16.5. The molecule has 1 saturated heterocycles. The van der Waals surface area contributed by atoms with E-state index in [0.29, 0.717) is 24.9 Å². The molecule has 102 valence electrons. The Bertz CT molecular complexity index is 486. The molecule has 3 heterocycles. The third-order valence-electron chi connectivity index (χ3n) is 4.52. The van der Waals surface area contributed by atoms with Crippen LogP contribution in [-0.2, 0) is 12.8 Å². The Balaban J connectivity index is 1.89. The van der Waals surface area contributed by atoms with Crippen molar-refractivity contribution in [3.63, 3.8) is 0 Å². The lowest BCUT2D eigenvalue weighted by molar-refractivity contribution is 0.333.